The van der Waals surface area contributed by atoms with Crippen LogP contribution >= 0.6 is 0 Å². The summed E-state index contributed by atoms with van der Waals surface area (Å²) in [6.45, 7) is 0.562. The Morgan fingerprint density at radius 1 is 1.27 bits per heavy atom. The number of H-pyrrole nitrogens is 1. The monoisotopic (exact) mass is 301 g/mol. The first kappa shape index (κ1) is 14.6. The van der Waals surface area contributed by atoms with E-state index in [1.807, 2.05) is 18.2 Å². The lowest BCUT2D eigenvalue weighted by molar-refractivity contribution is 0.0521. The number of nitrogens with one attached hydrogen (secondary N) is 2. The summed E-state index contributed by atoms with van der Waals surface area (Å²) >= 11 is 0. The van der Waals surface area contributed by atoms with Gasteiger partial charge in [0.25, 0.3) is 5.56 Å². The zero-order valence-corrected chi connectivity index (χ0v) is 12.4. The standard InChI is InChI=1S/C16H19N3O3/c1-19-15(20)9-14(18-16(19)21)17-10-12-7-8-13(22-12)11-5-3-2-4-6-11/h2-6,9,12-13,17H,7-8,10H2,1H3,(H,18,21)/t12-,13-/m1/s1. The van der Waals surface area contributed by atoms with E-state index in [1.54, 1.807) is 0 Å². The van der Waals surface area contributed by atoms with Crippen molar-refractivity contribution in [3.63, 3.8) is 0 Å². The van der Waals surface area contributed by atoms with E-state index < -0.39 is 5.69 Å². The molecule has 0 spiro atoms. The summed E-state index contributed by atoms with van der Waals surface area (Å²) in [6, 6.07) is 11.5. The Balaban J connectivity index is 1.59. The van der Waals surface area contributed by atoms with Crippen molar-refractivity contribution >= 4 is 5.82 Å². The summed E-state index contributed by atoms with van der Waals surface area (Å²) in [7, 11) is 1.44. The maximum atomic E-state index is 11.6. The lowest BCUT2D eigenvalue weighted by Gasteiger charge is -2.15. The lowest BCUT2D eigenvalue weighted by Crippen LogP contribution is -2.33. The van der Waals surface area contributed by atoms with E-state index >= 15 is 0 Å². The van der Waals surface area contributed by atoms with Crippen LogP contribution in [0.25, 0.3) is 0 Å². The molecule has 6 nitrogen and oxygen atoms in total. The summed E-state index contributed by atoms with van der Waals surface area (Å²) < 4.78 is 7.05. The Bertz CT molecular complexity index is 720. The van der Waals surface area contributed by atoms with Gasteiger partial charge in [-0.1, -0.05) is 30.3 Å². The van der Waals surface area contributed by atoms with Gasteiger partial charge in [-0.05, 0) is 18.4 Å². The van der Waals surface area contributed by atoms with E-state index in [-0.39, 0.29) is 17.8 Å². The Kier molecular flexibility index (Phi) is 4.11. The molecule has 2 N–H and O–H groups in total. The number of aromatic nitrogens is 2. The van der Waals surface area contributed by atoms with Gasteiger partial charge in [-0.3, -0.25) is 14.3 Å². The van der Waals surface area contributed by atoms with Gasteiger partial charge in [0.2, 0.25) is 0 Å². The van der Waals surface area contributed by atoms with Crippen LogP contribution in [-0.2, 0) is 11.8 Å². The fourth-order valence-corrected chi connectivity index (χ4v) is 2.64. The fraction of sp³-hybridized carbons (Fsp3) is 0.375. The van der Waals surface area contributed by atoms with E-state index in [4.69, 9.17) is 4.74 Å². The molecule has 3 rings (SSSR count). The molecule has 0 radical (unpaired) electrons. The number of benzene rings is 1. The van der Waals surface area contributed by atoms with Gasteiger partial charge in [0.15, 0.2) is 0 Å². The van der Waals surface area contributed by atoms with Crippen molar-refractivity contribution in [1.29, 1.82) is 0 Å². The first-order chi connectivity index (χ1) is 10.6. The van der Waals surface area contributed by atoms with Crippen LogP contribution in [0.1, 0.15) is 24.5 Å². The molecular weight excluding hydrogens is 282 g/mol. The predicted octanol–water partition coefficient (Wildman–Crippen LogP) is 1.41. The average Bonchev–Trinajstić information content (AvgIpc) is 3.00. The summed E-state index contributed by atoms with van der Waals surface area (Å²) in [5.74, 6) is 0.430. The molecule has 2 heterocycles. The molecule has 2 atom stereocenters. The van der Waals surface area contributed by atoms with Crippen molar-refractivity contribution in [2.24, 2.45) is 7.05 Å². The smallest absolute Gasteiger partial charge is 0.329 e. The topological polar surface area (TPSA) is 76.1 Å². The minimum Gasteiger partial charge on any atom is -0.369 e. The Hall–Kier alpha value is -2.34. The highest BCUT2D eigenvalue weighted by atomic mass is 16.5. The van der Waals surface area contributed by atoms with Gasteiger partial charge in [-0.2, -0.15) is 0 Å². The summed E-state index contributed by atoms with van der Waals surface area (Å²) in [4.78, 5) is 25.7. The molecule has 0 unspecified atom stereocenters. The predicted molar refractivity (Wildman–Crippen MR) is 84.1 cm³/mol. The lowest BCUT2D eigenvalue weighted by atomic mass is 10.1. The molecule has 22 heavy (non-hydrogen) atoms. The first-order valence-corrected chi connectivity index (χ1v) is 7.38. The quantitative estimate of drug-likeness (QED) is 0.895. The second-order valence-corrected chi connectivity index (χ2v) is 5.50. The molecule has 1 aliphatic heterocycles. The number of hydrogen-bond acceptors (Lipinski definition) is 4. The largest absolute Gasteiger partial charge is 0.369 e. The molecule has 2 aromatic rings. The van der Waals surface area contributed by atoms with Crippen molar-refractivity contribution in [3.8, 4) is 0 Å². The highest BCUT2D eigenvalue weighted by molar-refractivity contribution is 5.32. The van der Waals surface area contributed by atoms with E-state index in [1.165, 1.54) is 18.7 Å². The van der Waals surface area contributed by atoms with Crippen LogP contribution in [-0.4, -0.2) is 22.2 Å². The highest BCUT2D eigenvalue weighted by Gasteiger charge is 2.26. The SMILES string of the molecule is Cn1c(=O)cc(NC[C@H]2CC[C@H](c3ccccc3)O2)[nH]c1=O. The van der Waals surface area contributed by atoms with Gasteiger partial charge >= 0.3 is 5.69 Å². The number of hydrogen-bond donors (Lipinski definition) is 2. The maximum absolute atomic E-state index is 11.6. The third-order valence-electron chi connectivity index (χ3n) is 3.94. The normalized spacial score (nSPS) is 21.0. The van der Waals surface area contributed by atoms with E-state index in [2.05, 4.69) is 22.4 Å². The summed E-state index contributed by atoms with van der Waals surface area (Å²) in [5.41, 5.74) is 0.428. The maximum Gasteiger partial charge on any atom is 0.329 e. The molecular formula is C16H19N3O3. The van der Waals surface area contributed by atoms with Crippen molar-refractivity contribution in [2.45, 2.75) is 25.0 Å². The second-order valence-electron chi connectivity index (χ2n) is 5.50. The Morgan fingerprint density at radius 2 is 2.05 bits per heavy atom. The molecule has 0 aliphatic carbocycles. The van der Waals surface area contributed by atoms with Crippen LogP contribution in [0.5, 0.6) is 0 Å². The molecule has 1 aromatic heterocycles. The van der Waals surface area contributed by atoms with Crippen LogP contribution in [0.4, 0.5) is 5.82 Å². The van der Waals surface area contributed by atoms with Gasteiger partial charge in [-0.25, -0.2) is 4.79 Å². The molecule has 0 bridgehead atoms. The van der Waals surface area contributed by atoms with Gasteiger partial charge in [0.1, 0.15) is 5.82 Å². The molecule has 0 amide bonds. The Morgan fingerprint density at radius 3 is 2.77 bits per heavy atom. The van der Waals surface area contributed by atoms with Crippen molar-refractivity contribution in [3.05, 3.63) is 62.8 Å². The van der Waals surface area contributed by atoms with E-state index in [0.29, 0.717) is 12.4 Å². The number of anilines is 1. The third-order valence-corrected chi connectivity index (χ3v) is 3.94. The molecule has 0 saturated carbocycles. The van der Waals surface area contributed by atoms with Gasteiger partial charge in [0, 0.05) is 19.7 Å². The summed E-state index contributed by atoms with van der Waals surface area (Å²) in [6.07, 6.45) is 2.11. The third kappa shape index (κ3) is 3.12. The molecule has 1 aromatic carbocycles. The molecule has 1 fully saturated rings. The van der Waals surface area contributed by atoms with Crippen LogP contribution in [0.2, 0.25) is 0 Å². The van der Waals surface area contributed by atoms with Gasteiger partial charge in [0.05, 0.1) is 12.2 Å². The zero-order chi connectivity index (χ0) is 15.5. The number of rotatable bonds is 4. The van der Waals surface area contributed by atoms with Crippen LogP contribution < -0.4 is 16.6 Å². The van der Waals surface area contributed by atoms with Gasteiger partial charge in [-0.15, -0.1) is 0 Å². The van der Waals surface area contributed by atoms with Crippen molar-refractivity contribution in [1.82, 2.24) is 9.55 Å². The van der Waals surface area contributed by atoms with Crippen LogP contribution in [0, 0.1) is 0 Å². The highest BCUT2D eigenvalue weighted by Crippen LogP contribution is 2.32. The number of ether oxygens (including phenoxy) is 1. The van der Waals surface area contributed by atoms with Crippen molar-refractivity contribution < 1.29 is 4.74 Å². The number of aromatic amines is 1. The Labute approximate surface area is 127 Å². The summed E-state index contributed by atoms with van der Waals surface area (Å²) in [5, 5.41) is 3.07. The fourth-order valence-electron chi connectivity index (χ4n) is 2.64. The average molecular weight is 301 g/mol. The van der Waals surface area contributed by atoms with Crippen LogP contribution in [0.15, 0.2) is 46.0 Å². The molecule has 1 saturated heterocycles. The van der Waals surface area contributed by atoms with E-state index in [9.17, 15) is 9.59 Å². The van der Waals surface area contributed by atoms with Gasteiger partial charge < -0.3 is 10.1 Å². The van der Waals surface area contributed by atoms with E-state index in [0.717, 1.165) is 17.4 Å². The minimum atomic E-state index is -0.426. The first-order valence-electron chi connectivity index (χ1n) is 7.38. The molecule has 6 heteroatoms. The van der Waals surface area contributed by atoms with Crippen LogP contribution in [0.3, 0.4) is 0 Å². The second kappa shape index (κ2) is 6.19. The minimum absolute atomic E-state index is 0.0674. The zero-order valence-electron chi connectivity index (χ0n) is 12.4. The number of nitrogens with zero attached hydrogens (tertiary/aromatic N) is 1. The molecule has 1 aliphatic rings. The molecule has 116 valence electrons. The van der Waals surface area contributed by atoms with Crippen molar-refractivity contribution in [2.75, 3.05) is 11.9 Å².